The van der Waals surface area contributed by atoms with Gasteiger partial charge in [-0.25, -0.2) is 4.98 Å². The zero-order chi connectivity index (χ0) is 18.8. The second-order valence-electron chi connectivity index (χ2n) is 5.69. The first-order valence-corrected chi connectivity index (χ1v) is 8.82. The van der Waals surface area contributed by atoms with E-state index in [1.165, 1.54) is 23.5 Å². The minimum atomic E-state index is -0.478. The lowest BCUT2D eigenvalue weighted by Crippen LogP contribution is -2.29. The molecule has 2 aromatic heterocycles. The van der Waals surface area contributed by atoms with E-state index >= 15 is 0 Å². The van der Waals surface area contributed by atoms with Crippen LogP contribution in [0.25, 0.3) is 22.2 Å². The number of thiazole rings is 1. The van der Waals surface area contributed by atoms with Crippen LogP contribution in [0, 0.1) is 10.1 Å². The zero-order valence-corrected chi connectivity index (χ0v) is 14.6. The molecule has 2 aromatic carbocycles. The Labute approximate surface area is 157 Å². The van der Waals surface area contributed by atoms with E-state index in [0.717, 1.165) is 11.3 Å². The number of carbonyl (C=O) groups is 1. The standard InChI is InChI=1S/C18H13N5O3S/c24-17(15-8-12-6-7-13(23(25)26)9-14(12)19-15)21-22-18-20-16(10-27-18)11-4-2-1-3-5-11/h1-10,19H,(H,20,22)(H,21,24). The minimum Gasteiger partial charge on any atom is -0.350 e. The lowest BCUT2D eigenvalue weighted by atomic mass is 10.2. The van der Waals surface area contributed by atoms with Gasteiger partial charge >= 0.3 is 0 Å². The van der Waals surface area contributed by atoms with E-state index in [-0.39, 0.29) is 11.4 Å². The molecule has 0 radical (unpaired) electrons. The van der Waals surface area contributed by atoms with Gasteiger partial charge in [0.05, 0.1) is 16.1 Å². The van der Waals surface area contributed by atoms with Crippen LogP contribution in [0.1, 0.15) is 10.5 Å². The average Bonchev–Trinajstić information content (AvgIpc) is 3.33. The Bertz CT molecular complexity index is 1140. The van der Waals surface area contributed by atoms with Gasteiger partial charge in [0.1, 0.15) is 5.69 Å². The van der Waals surface area contributed by atoms with Crippen LogP contribution in [0.15, 0.2) is 60.0 Å². The Hall–Kier alpha value is -3.72. The number of aromatic nitrogens is 2. The van der Waals surface area contributed by atoms with Gasteiger partial charge in [-0.1, -0.05) is 30.3 Å². The number of hydrogen-bond donors (Lipinski definition) is 3. The summed E-state index contributed by atoms with van der Waals surface area (Å²) in [5.41, 5.74) is 7.94. The average molecular weight is 379 g/mol. The number of nitro benzene ring substituents is 1. The van der Waals surface area contributed by atoms with Crippen molar-refractivity contribution in [1.29, 1.82) is 0 Å². The lowest BCUT2D eigenvalue weighted by molar-refractivity contribution is -0.384. The Morgan fingerprint density at radius 1 is 1.15 bits per heavy atom. The van der Waals surface area contributed by atoms with Gasteiger partial charge < -0.3 is 4.98 Å². The van der Waals surface area contributed by atoms with Crippen molar-refractivity contribution >= 4 is 39.0 Å². The number of H-pyrrole nitrogens is 1. The fourth-order valence-corrected chi connectivity index (χ4v) is 3.27. The third-order valence-electron chi connectivity index (χ3n) is 3.92. The molecule has 4 aromatic rings. The molecule has 0 saturated carbocycles. The highest BCUT2D eigenvalue weighted by molar-refractivity contribution is 7.14. The molecule has 0 spiro atoms. The van der Waals surface area contributed by atoms with Crippen molar-refractivity contribution in [1.82, 2.24) is 15.4 Å². The van der Waals surface area contributed by atoms with Gasteiger partial charge in [0.2, 0.25) is 5.13 Å². The first kappa shape index (κ1) is 16.7. The molecule has 8 nitrogen and oxygen atoms in total. The summed E-state index contributed by atoms with van der Waals surface area (Å²) in [4.78, 5) is 30.0. The van der Waals surface area contributed by atoms with Crippen molar-refractivity contribution in [2.45, 2.75) is 0 Å². The van der Waals surface area contributed by atoms with Crippen LogP contribution < -0.4 is 10.9 Å². The van der Waals surface area contributed by atoms with Gasteiger partial charge in [-0.05, 0) is 12.1 Å². The Morgan fingerprint density at radius 2 is 1.96 bits per heavy atom. The van der Waals surface area contributed by atoms with Crippen LogP contribution in [0.3, 0.4) is 0 Å². The van der Waals surface area contributed by atoms with Gasteiger partial charge in [0, 0.05) is 28.5 Å². The number of hydrogen-bond acceptors (Lipinski definition) is 6. The Morgan fingerprint density at radius 3 is 2.74 bits per heavy atom. The molecule has 27 heavy (non-hydrogen) atoms. The van der Waals surface area contributed by atoms with E-state index in [0.29, 0.717) is 16.0 Å². The molecular formula is C18H13N5O3S. The first-order valence-electron chi connectivity index (χ1n) is 7.94. The first-order chi connectivity index (χ1) is 13.1. The van der Waals surface area contributed by atoms with Crippen molar-refractivity contribution in [3.05, 3.63) is 75.8 Å². The molecule has 0 atom stereocenters. The molecule has 0 aliphatic heterocycles. The highest BCUT2D eigenvalue weighted by Crippen LogP contribution is 2.24. The number of rotatable bonds is 5. The van der Waals surface area contributed by atoms with E-state index in [4.69, 9.17) is 0 Å². The molecule has 2 heterocycles. The van der Waals surface area contributed by atoms with Gasteiger partial charge in [0.15, 0.2) is 0 Å². The molecule has 0 aliphatic carbocycles. The Kier molecular flexibility index (Phi) is 4.27. The lowest BCUT2D eigenvalue weighted by Gasteiger charge is -2.03. The van der Waals surface area contributed by atoms with Crippen LogP contribution in [0.5, 0.6) is 0 Å². The smallest absolute Gasteiger partial charge is 0.286 e. The molecule has 9 heteroatoms. The number of carbonyl (C=O) groups excluding carboxylic acids is 1. The topological polar surface area (TPSA) is 113 Å². The number of benzene rings is 2. The molecule has 0 aliphatic rings. The summed E-state index contributed by atoms with van der Waals surface area (Å²) in [7, 11) is 0. The van der Waals surface area contributed by atoms with E-state index in [1.807, 2.05) is 35.7 Å². The number of amides is 1. The van der Waals surface area contributed by atoms with Crippen molar-refractivity contribution in [2.24, 2.45) is 0 Å². The maximum absolute atomic E-state index is 12.3. The maximum Gasteiger partial charge on any atom is 0.286 e. The number of nitrogens with one attached hydrogen (secondary N) is 3. The number of non-ortho nitro benzene ring substituents is 1. The van der Waals surface area contributed by atoms with E-state index in [2.05, 4.69) is 20.8 Å². The van der Waals surface area contributed by atoms with E-state index in [9.17, 15) is 14.9 Å². The van der Waals surface area contributed by atoms with Crippen LogP contribution >= 0.6 is 11.3 Å². The second kappa shape index (κ2) is 6.89. The molecule has 0 fully saturated rings. The fraction of sp³-hybridized carbons (Fsp3) is 0. The van der Waals surface area contributed by atoms with Gasteiger partial charge in [-0.2, -0.15) is 0 Å². The summed E-state index contributed by atoms with van der Waals surface area (Å²) in [5.74, 6) is -0.398. The van der Waals surface area contributed by atoms with Gasteiger partial charge in [0.25, 0.3) is 11.6 Å². The van der Waals surface area contributed by atoms with Crippen LogP contribution in [-0.4, -0.2) is 20.8 Å². The predicted octanol–water partition coefficient (Wildman–Crippen LogP) is 3.96. The maximum atomic E-state index is 12.3. The molecule has 1 amide bonds. The quantitative estimate of drug-likeness (QED) is 0.359. The molecule has 0 bridgehead atoms. The number of nitro groups is 1. The molecule has 4 rings (SSSR count). The second-order valence-corrected chi connectivity index (χ2v) is 6.55. The van der Waals surface area contributed by atoms with Crippen LogP contribution in [-0.2, 0) is 0 Å². The van der Waals surface area contributed by atoms with E-state index < -0.39 is 10.8 Å². The third-order valence-corrected chi connectivity index (χ3v) is 4.68. The summed E-state index contributed by atoms with van der Waals surface area (Å²) < 4.78 is 0. The monoisotopic (exact) mass is 379 g/mol. The number of aromatic amines is 1. The SMILES string of the molecule is O=C(NNc1nc(-c2ccccc2)cs1)c1cc2ccc([N+](=O)[O-])cc2[nH]1. The summed E-state index contributed by atoms with van der Waals surface area (Å²) in [6, 6.07) is 15.7. The van der Waals surface area contributed by atoms with E-state index in [1.54, 1.807) is 12.1 Å². The highest BCUT2D eigenvalue weighted by Gasteiger charge is 2.13. The zero-order valence-electron chi connectivity index (χ0n) is 13.8. The largest absolute Gasteiger partial charge is 0.350 e. The predicted molar refractivity (Wildman–Crippen MR) is 104 cm³/mol. The molecule has 3 N–H and O–H groups in total. The number of hydrazine groups is 1. The summed E-state index contributed by atoms with van der Waals surface area (Å²) in [6.45, 7) is 0. The fourth-order valence-electron chi connectivity index (χ4n) is 2.60. The summed E-state index contributed by atoms with van der Waals surface area (Å²) in [6.07, 6.45) is 0. The number of fused-ring (bicyclic) bond motifs is 1. The van der Waals surface area contributed by atoms with Crippen molar-refractivity contribution in [3.63, 3.8) is 0 Å². The number of anilines is 1. The summed E-state index contributed by atoms with van der Waals surface area (Å²) >= 11 is 1.37. The van der Waals surface area contributed by atoms with Crippen molar-refractivity contribution in [3.8, 4) is 11.3 Å². The van der Waals surface area contributed by atoms with Crippen LogP contribution in [0.4, 0.5) is 10.8 Å². The highest BCUT2D eigenvalue weighted by atomic mass is 32.1. The molecular weight excluding hydrogens is 366 g/mol. The number of nitrogens with zero attached hydrogens (tertiary/aromatic N) is 2. The summed E-state index contributed by atoms with van der Waals surface area (Å²) in [5, 5.41) is 14.0. The van der Waals surface area contributed by atoms with Gasteiger partial charge in [-0.3, -0.25) is 25.8 Å². The van der Waals surface area contributed by atoms with Crippen LogP contribution in [0.2, 0.25) is 0 Å². The Balaban J connectivity index is 1.46. The van der Waals surface area contributed by atoms with Gasteiger partial charge in [-0.15, -0.1) is 11.3 Å². The minimum absolute atomic E-state index is 0.0364. The third kappa shape index (κ3) is 3.48. The normalized spacial score (nSPS) is 10.7. The van der Waals surface area contributed by atoms with Crippen molar-refractivity contribution in [2.75, 3.05) is 5.43 Å². The van der Waals surface area contributed by atoms with Crippen molar-refractivity contribution < 1.29 is 9.72 Å². The molecule has 134 valence electrons. The molecule has 0 unspecified atom stereocenters. The molecule has 0 saturated heterocycles.